The molecule has 0 aliphatic rings. The maximum atomic E-state index is 10.7. The van der Waals surface area contributed by atoms with Crippen molar-refractivity contribution in [3.63, 3.8) is 0 Å². The lowest BCUT2D eigenvalue weighted by atomic mass is 9.96. The van der Waals surface area contributed by atoms with Gasteiger partial charge >= 0.3 is 0 Å². The van der Waals surface area contributed by atoms with Gasteiger partial charge in [0.15, 0.2) is 0 Å². The summed E-state index contributed by atoms with van der Waals surface area (Å²) in [5, 5.41) is 29.4. The molecule has 0 spiro atoms. The molecule has 148 valence electrons. The first-order valence-corrected chi connectivity index (χ1v) is 10.3. The highest BCUT2D eigenvalue weighted by atomic mass is 16.3. The summed E-state index contributed by atoms with van der Waals surface area (Å²) in [6, 6.07) is 24.5. The third-order valence-electron chi connectivity index (χ3n) is 5.66. The topological polar surface area (TPSA) is 52.5 Å². The number of hydrogen-bond acceptors (Lipinski definition) is 3. The van der Waals surface area contributed by atoms with E-state index in [9.17, 15) is 10.2 Å². The molecule has 0 saturated heterocycles. The molecule has 0 saturated carbocycles. The normalized spacial score (nSPS) is 13.5. The van der Waals surface area contributed by atoms with Crippen molar-refractivity contribution in [1.82, 2.24) is 0 Å². The van der Waals surface area contributed by atoms with Crippen molar-refractivity contribution in [2.45, 2.75) is 38.9 Å². The molecule has 0 radical (unpaired) electrons. The minimum atomic E-state index is -0.559. The Labute approximate surface area is 171 Å². The average Bonchev–Trinajstić information content (AvgIpc) is 2.78. The molecule has 0 heterocycles. The Morgan fingerprint density at radius 1 is 0.621 bits per heavy atom. The van der Waals surface area contributed by atoms with E-state index in [1.165, 1.54) is 0 Å². The summed E-state index contributed by atoms with van der Waals surface area (Å²) >= 11 is 0. The van der Waals surface area contributed by atoms with E-state index >= 15 is 0 Å². The quantitative estimate of drug-likeness (QED) is 0.349. The Bertz CT molecular complexity index is 1060. The Hall–Kier alpha value is -2.88. The van der Waals surface area contributed by atoms with Gasteiger partial charge in [0.05, 0.1) is 23.6 Å². The van der Waals surface area contributed by atoms with Gasteiger partial charge in [-0.1, -0.05) is 86.6 Å². The summed E-state index contributed by atoms with van der Waals surface area (Å²) in [7, 11) is 0. The van der Waals surface area contributed by atoms with E-state index < -0.39 is 12.2 Å². The van der Waals surface area contributed by atoms with Crippen molar-refractivity contribution in [2.24, 2.45) is 0 Å². The molecule has 2 atom stereocenters. The second kappa shape index (κ2) is 8.24. The zero-order valence-corrected chi connectivity index (χ0v) is 16.9. The van der Waals surface area contributed by atoms with Crippen molar-refractivity contribution in [3.05, 3.63) is 83.9 Å². The van der Waals surface area contributed by atoms with E-state index in [4.69, 9.17) is 0 Å². The molecular weight excluding hydrogens is 358 g/mol. The molecule has 0 aromatic heterocycles. The number of fused-ring (bicyclic) bond motifs is 2. The van der Waals surface area contributed by atoms with Gasteiger partial charge in [-0.15, -0.1) is 0 Å². The van der Waals surface area contributed by atoms with Crippen molar-refractivity contribution < 1.29 is 10.2 Å². The van der Waals surface area contributed by atoms with Crippen LogP contribution in [-0.2, 0) is 0 Å². The molecule has 3 N–H and O–H groups in total. The molecular formula is C26H27NO2. The van der Waals surface area contributed by atoms with Crippen LogP contribution in [0.1, 0.15) is 50.0 Å². The molecule has 2 unspecified atom stereocenters. The first kappa shape index (κ1) is 19.4. The van der Waals surface area contributed by atoms with Gasteiger partial charge in [-0.25, -0.2) is 0 Å². The predicted molar refractivity (Wildman–Crippen MR) is 122 cm³/mol. The number of aliphatic hydroxyl groups excluding tert-OH is 2. The molecule has 4 aromatic carbocycles. The maximum Gasteiger partial charge on any atom is 0.0807 e. The van der Waals surface area contributed by atoms with Gasteiger partial charge in [0.2, 0.25) is 0 Å². The molecule has 0 fully saturated rings. The fourth-order valence-electron chi connectivity index (χ4n) is 3.98. The Kier molecular flexibility index (Phi) is 5.52. The average molecular weight is 386 g/mol. The van der Waals surface area contributed by atoms with E-state index in [2.05, 4.69) is 41.7 Å². The Morgan fingerprint density at radius 2 is 1.03 bits per heavy atom. The first-order chi connectivity index (χ1) is 14.1. The van der Waals surface area contributed by atoms with E-state index in [1.807, 2.05) is 50.2 Å². The van der Waals surface area contributed by atoms with Gasteiger partial charge in [0.25, 0.3) is 0 Å². The molecule has 0 aliphatic heterocycles. The van der Waals surface area contributed by atoms with Crippen LogP contribution in [0.5, 0.6) is 0 Å². The van der Waals surface area contributed by atoms with Gasteiger partial charge in [-0.3, -0.25) is 0 Å². The van der Waals surface area contributed by atoms with Crippen LogP contribution in [0.3, 0.4) is 0 Å². The van der Waals surface area contributed by atoms with Crippen LogP contribution in [0.25, 0.3) is 21.5 Å². The van der Waals surface area contributed by atoms with Crippen LogP contribution >= 0.6 is 0 Å². The summed E-state index contributed by atoms with van der Waals surface area (Å²) in [6.07, 6.45) is 0.147. The second-order valence-electron chi connectivity index (χ2n) is 7.47. The summed E-state index contributed by atoms with van der Waals surface area (Å²) in [5.41, 5.74) is 3.55. The summed E-state index contributed by atoms with van der Waals surface area (Å²) in [6.45, 7) is 3.96. The number of anilines is 2. The highest BCUT2D eigenvalue weighted by Crippen LogP contribution is 2.40. The lowest BCUT2D eigenvalue weighted by molar-refractivity contribution is 0.174. The SMILES string of the molecule is CCC(O)c1ccc2ccccc2c1Nc1c(C(O)CC)ccc2ccccc12. The Balaban J connectivity index is 1.99. The third-order valence-corrected chi connectivity index (χ3v) is 5.66. The van der Waals surface area contributed by atoms with Gasteiger partial charge < -0.3 is 15.5 Å². The van der Waals surface area contributed by atoms with E-state index in [-0.39, 0.29) is 0 Å². The first-order valence-electron chi connectivity index (χ1n) is 10.3. The van der Waals surface area contributed by atoms with E-state index in [0.29, 0.717) is 12.8 Å². The smallest absolute Gasteiger partial charge is 0.0807 e. The fourth-order valence-corrected chi connectivity index (χ4v) is 3.98. The third kappa shape index (κ3) is 3.59. The van der Waals surface area contributed by atoms with Gasteiger partial charge in [0, 0.05) is 21.9 Å². The molecule has 4 aromatic rings. The monoisotopic (exact) mass is 385 g/mol. The maximum absolute atomic E-state index is 10.7. The lowest BCUT2D eigenvalue weighted by Gasteiger charge is -2.23. The fraction of sp³-hybridized carbons (Fsp3) is 0.231. The predicted octanol–water partition coefficient (Wildman–Crippen LogP) is 6.62. The number of aliphatic hydroxyl groups is 2. The molecule has 0 bridgehead atoms. The van der Waals surface area contributed by atoms with Crippen LogP contribution in [0.2, 0.25) is 0 Å². The standard InChI is InChI=1S/C26H27NO2/c1-3-23(28)21-15-13-17-9-5-7-11-19(17)25(21)27-26-20-12-8-6-10-18(20)14-16-22(26)24(29)4-2/h5-16,23-24,27-29H,3-4H2,1-2H3. The minimum absolute atomic E-state index is 0.559. The van der Waals surface area contributed by atoms with Gasteiger partial charge in [-0.05, 0) is 23.6 Å². The van der Waals surface area contributed by atoms with Crippen LogP contribution in [0, 0.1) is 0 Å². The zero-order chi connectivity index (χ0) is 20.4. The van der Waals surface area contributed by atoms with Crippen molar-refractivity contribution in [1.29, 1.82) is 0 Å². The molecule has 3 heteroatoms. The van der Waals surface area contributed by atoms with Gasteiger partial charge in [0.1, 0.15) is 0 Å². The zero-order valence-electron chi connectivity index (χ0n) is 16.9. The molecule has 0 amide bonds. The van der Waals surface area contributed by atoms with Crippen LogP contribution in [-0.4, -0.2) is 10.2 Å². The highest BCUT2D eigenvalue weighted by molar-refractivity contribution is 6.03. The molecule has 29 heavy (non-hydrogen) atoms. The lowest BCUT2D eigenvalue weighted by Crippen LogP contribution is -2.06. The summed E-state index contributed by atoms with van der Waals surface area (Å²) < 4.78 is 0. The molecule has 3 nitrogen and oxygen atoms in total. The van der Waals surface area contributed by atoms with Crippen molar-refractivity contribution in [3.8, 4) is 0 Å². The Morgan fingerprint density at radius 3 is 1.45 bits per heavy atom. The number of benzene rings is 4. The number of rotatable bonds is 6. The number of hydrogen-bond donors (Lipinski definition) is 3. The van der Waals surface area contributed by atoms with Crippen molar-refractivity contribution in [2.75, 3.05) is 5.32 Å². The minimum Gasteiger partial charge on any atom is -0.388 e. The largest absolute Gasteiger partial charge is 0.388 e. The molecule has 4 rings (SSSR count). The molecule has 0 aliphatic carbocycles. The van der Waals surface area contributed by atoms with E-state index in [1.54, 1.807) is 0 Å². The second-order valence-corrected chi connectivity index (χ2v) is 7.47. The van der Waals surface area contributed by atoms with E-state index in [0.717, 1.165) is 44.0 Å². The number of nitrogens with one attached hydrogen (secondary N) is 1. The van der Waals surface area contributed by atoms with Crippen molar-refractivity contribution >= 4 is 32.9 Å². The highest BCUT2D eigenvalue weighted by Gasteiger charge is 2.18. The van der Waals surface area contributed by atoms with Crippen LogP contribution in [0.4, 0.5) is 11.4 Å². The summed E-state index contributed by atoms with van der Waals surface area (Å²) in [4.78, 5) is 0. The summed E-state index contributed by atoms with van der Waals surface area (Å²) in [5.74, 6) is 0. The van der Waals surface area contributed by atoms with Crippen LogP contribution in [0.15, 0.2) is 72.8 Å². The van der Waals surface area contributed by atoms with Crippen LogP contribution < -0.4 is 5.32 Å². The van der Waals surface area contributed by atoms with Gasteiger partial charge in [-0.2, -0.15) is 0 Å².